The van der Waals surface area contributed by atoms with Crippen molar-refractivity contribution < 1.29 is 0 Å². The minimum absolute atomic E-state index is 0.611. The SMILES string of the molecule is Cc1nc(N(Cc2ccsc2)C2CC2)c(N)[nH]1. The number of imidazole rings is 1. The summed E-state index contributed by atoms with van der Waals surface area (Å²) in [7, 11) is 0. The van der Waals surface area contributed by atoms with E-state index in [1.807, 2.05) is 6.92 Å². The Hall–Kier alpha value is -1.49. The minimum Gasteiger partial charge on any atom is -0.382 e. The highest BCUT2D eigenvalue weighted by atomic mass is 32.1. The van der Waals surface area contributed by atoms with Crippen LogP contribution in [0.2, 0.25) is 0 Å². The van der Waals surface area contributed by atoms with Gasteiger partial charge in [0.25, 0.3) is 0 Å². The molecule has 1 fully saturated rings. The second-order valence-corrected chi connectivity index (χ2v) is 5.33. The fourth-order valence-corrected chi connectivity index (χ4v) is 2.72. The molecule has 5 heteroatoms. The maximum Gasteiger partial charge on any atom is 0.171 e. The van der Waals surface area contributed by atoms with E-state index in [-0.39, 0.29) is 0 Å². The molecule has 0 amide bonds. The lowest BCUT2D eigenvalue weighted by atomic mass is 10.3. The molecule has 0 atom stereocenters. The molecule has 0 aromatic carbocycles. The van der Waals surface area contributed by atoms with Gasteiger partial charge in [-0.1, -0.05) is 0 Å². The number of hydrogen-bond acceptors (Lipinski definition) is 4. The lowest BCUT2D eigenvalue weighted by molar-refractivity contribution is 0.784. The summed E-state index contributed by atoms with van der Waals surface area (Å²) in [5.41, 5.74) is 7.31. The lowest BCUT2D eigenvalue weighted by Crippen LogP contribution is -2.26. The predicted molar refractivity (Wildman–Crippen MR) is 71.3 cm³/mol. The van der Waals surface area contributed by atoms with Crippen LogP contribution in [0.1, 0.15) is 24.2 Å². The van der Waals surface area contributed by atoms with Gasteiger partial charge in [0.1, 0.15) is 11.6 Å². The second-order valence-electron chi connectivity index (χ2n) is 4.55. The van der Waals surface area contributed by atoms with Gasteiger partial charge in [-0.15, -0.1) is 0 Å². The molecule has 0 unspecified atom stereocenters. The quantitative estimate of drug-likeness (QED) is 0.874. The van der Waals surface area contributed by atoms with Crippen molar-refractivity contribution in [3.05, 3.63) is 28.2 Å². The van der Waals surface area contributed by atoms with Crippen molar-refractivity contribution in [3.63, 3.8) is 0 Å². The number of aromatic amines is 1. The molecule has 3 rings (SSSR count). The first-order valence-electron chi connectivity index (χ1n) is 5.84. The summed E-state index contributed by atoms with van der Waals surface area (Å²) >= 11 is 1.73. The zero-order chi connectivity index (χ0) is 11.8. The summed E-state index contributed by atoms with van der Waals surface area (Å²) < 4.78 is 0. The third kappa shape index (κ3) is 2.15. The summed E-state index contributed by atoms with van der Waals surface area (Å²) in [6, 6.07) is 2.77. The van der Waals surface area contributed by atoms with E-state index in [4.69, 9.17) is 5.73 Å². The third-order valence-corrected chi connectivity index (χ3v) is 3.75. The molecule has 0 saturated heterocycles. The van der Waals surface area contributed by atoms with Gasteiger partial charge in [0.15, 0.2) is 5.82 Å². The Kier molecular flexibility index (Phi) is 2.55. The summed E-state index contributed by atoms with van der Waals surface area (Å²) in [5, 5.41) is 4.30. The number of nitrogen functional groups attached to an aromatic ring is 1. The number of anilines is 2. The normalized spacial score (nSPS) is 15.1. The number of thiophene rings is 1. The van der Waals surface area contributed by atoms with Gasteiger partial charge in [-0.3, -0.25) is 0 Å². The van der Waals surface area contributed by atoms with Gasteiger partial charge in [0.05, 0.1) is 0 Å². The van der Waals surface area contributed by atoms with E-state index in [1.54, 1.807) is 11.3 Å². The van der Waals surface area contributed by atoms with E-state index in [9.17, 15) is 0 Å². The van der Waals surface area contributed by atoms with E-state index in [0.717, 1.165) is 18.2 Å². The van der Waals surface area contributed by atoms with Crippen LogP contribution < -0.4 is 10.6 Å². The van der Waals surface area contributed by atoms with Gasteiger partial charge in [-0.25, -0.2) is 4.98 Å². The predicted octanol–water partition coefficient (Wildman–Crippen LogP) is 2.53. The van der Waals surface area contributed by atoms with E-state index >= 15 is 0 Å². The average Bonchev–Trinajstić information content (AvgIpc) is 2.90. The number of hydrogen-bond donors (Lipinski definition) is 2. The molecular formula is C12H16N4S. The zero-order valence-corrected chi connectivity index (χ0v) is 10.6. The molecule has 17 heavy (non-hydrogen) atoms. The third-order valence-electron chi connectivity index (χ3n) is 3.02. The molecule has 0 aliphatic heterocycles. The van der Waals surface area contributed by atoms with Crippen LogP contribution in [0.3, 0.4) is 0 Å². The number of nitrogens with two attached hydrogens (primary N) is 1. The summed E-state index contributed by atoms with van der Waals surface area (Å²) in [6.07, 6.45) is 2.49. The monoisotopic (exact) mass is 248 g/mol. The molecule has 1 aliphatic carbocycles. The first-order chi connectivity index (χ1) is 8.24. The standard InChI is InChI=1S/C12H16N4S/c1-8-14-11(13)12(15-8)16(10-2-3-10)6-9-4-5-17-7-9/h4-5,7,10H,2-3,6,13H2,1H3,(H,14,15). The Labute approximate surface area is 104 Å². The van der Waals surface area contributed by atoms with Crippen molar-refractivity contribution in [1.82, 2.24) is 9.97 Å². The molecule has 1 aliphatic rings. The van der Waals surface area contributed by atoms with Crippen molar-refractivity contribution in [2.45, 2.75) is 32.4 Å². The van der Waals surface area contributed by atoms with Crippen LogP contribution in [-0.4, -0.2) is 16.0 Å². The molecule has 1 saturated carbocycles. The number of rotatable bonds is 4. The topological polar surface area (TPSA) is 57.9 Å². The molecule has 2 aromatic rings. The maximum absolute atomic E-state index is 5.98. The van der Waals surface area contributed by atoms with Gasteiger partial charge in [0.2, 0.25) is 0 Å². The highest BCUT2D eigenvalue weighted by molar-refractivity contribution is 7.07. The molecule has 2 aromatic heterocycles. The highest BCUT2D eigenvalue weighted by Gasteiger charge is 2.31. The molecule has 90 valence electrons. The van der Waals surface area contributed by atoms with Gasteiger partial charge >= 0.3 is 0 Å². The van der Waals surface area contributed by atoms with E-state index < -0.39 is 0 Å². The van der Waals surface area contributed by atoms with E-state index in [1.165, 1.54) is 18.4 Å². The molecule has 0 spiro atoms. The maximum atomic E-state index is 5.98. The average molecular weight is 248 g/mol. The van der Waals surface area contributed by atoms with Crippen LogP contribution >= 0.6 is 11.3 Å². The summed E-state index contributed by atoms with van der Waals surface area (Å²) in [6.45, 7) is 2.85. The lowest BCUT2D eigenvalue weighted by Gasteiger charge is -2.22. The molecule has 4 nitrogen and oxygen atoms in total. The minimum atomic E-state index is 0.611. The second kappa shape index (κ2) is 4.07. The number of nitrogens with one attached hydrogen (secondary N) is 1. The summed E-state index contributed by atoms with van der Waals surface area (Å²) in [4.78, 5) is 9.90. The van der Waals surface area contributed by atoms with Gasteiger partial charge < -0.3 is 15.6 Å². The Morgan fingerprint density at radius 1 is 1.59 bits per heavy atom. The van der Waals surface area contributed by atoms with Crippen molar-refractivity contribution in [2.24, 2.45) is 0 Å². The largest absolute Gasteiger partial charge is 0.382 e. The van der Waals surface area contributed by atoms with Gasteiger partial charge in [-0.2, -0.15) is 11.3 Å². The number of aromatic nitrogens is 2. The fourth-order valence-electron chi connectivity index (χ4n) is 2.06. The van der Waals surface area contributed by atoms with Crippen molar-refractivity contribution in [3.8, 4) is 0 Å². The van der Waals surface area contributed by atoms with Crippen LogP contribution in [0.25, 0.3) is 0 Å². The van der Waals surface area contributed by atoms with Crippen LogP contribution in [0.4, 0.5) is 11.6 Å². The Bertz CT molecular complexity index is 499. The molecule has 3 N–H and O–H groups in total. The van der Waals surface area contributed by atoms with Crippen LogP contribution in [0, 0.1) is 6.92 Å². The number of H-pyrrole nitrogens is 1. The fraction of sp³-hybridized carbons (Fsp3) is 0.417. The van der Waals surface area contributed by atoms with Crippen LogP contribution in [-0.2, 0) is 6.54 Å². The first-order valence-corrected chi connectivity index (χ1v) is 6.78. The zero-order valence-electron chi connectivity index (χ0n) is 9.81. The number of aryl methyl sites for hydroxylation is 1. The molecular weight excluding hydrogens is 232 g/mol. The van der Waals surface area contributed by atoms with Gasteiger partial charge in [-0.05, 0) is 42.2 Å². The molecule has 0 bridgehead atoms. The van der Waals surface area contributed by atoms with Crippen LogP contribution in [0.5, 0.6) is 0 Å². The number of nitrogens with zero attached hydrogens (tertiary/aromatic N) is 2. The van der Waals surface area contributed by atoms with Crippen molar-refractivity contribution in [1.29, 1.82) is 0 Å². The van der Waals surface area contributed by atoms with Crippen molar-refractivity contribution in [2.75, 3.05) is 10.6 Å². The Morgan fingerprint density at radius 2 is 2.41 bits per heavy atom. The molecule has 0 radical (unpaired) electrons. The van der Waals surface area contributed by atoms with E-state index in [2.05, 4.69) is 31.7 Å². The summed E-state index contributed by atoms with van der Waals surface area (Å²) in [5.74, 6) is 2.48. The highest BCUT2D eigenvalue weighted by Crippen LogP contribution is 2.34. The molecule has 2 heterocycles. The van der Waals surface area contributed by atoms with Crippen LogP contribution in [0.15, 0.2) is 16.8 Å². The van der Waals surface area contributed by atoms with Crippen molar-refractivity contribution >= 4 is 23.0 Å². The first kappa shape index (κ1) is 10.7. The smallest absolute Gasteiger partial charge is 0.171 e. The van der Waals surface area contributed by atoms with E-state index in [0.29, 0.717) is 11.9 Å². The Balaban J connectivity index is 1.87. The Morgan fingerprint density at radius 3 is 2.94 bits per heavy atom. The van der Waals surface area contributed by atoms with Gasteiger partial charge in [0, 0.05) is 12.6 Å².